The Hall–Kier alpha value is -3.29. The fraction of sp³-hybridized carbons (Fsp3) is 0.158. The minimum absolute atomic E-state index is 0.207. The van der Waals surface area contributed by atoms with Crippen molar-refractivity contribution < 1.29 is 18.0 Å². The minimum Gasteiger partial charge on any atom is -0.328 e. The normalized spacial score (nSPS) is 12.0. The Morgan fingerprint density at radius 1 is 1.11 bits per heavy atom. The molecule has 2 aromatic carbocycles. The number of hydrogen-bond donors (Lipinski definition) is 2. The molecular weight excluding hydrogens is 359 g/mol. The van der Waals surface area contributed by atoms with Crippen LogP contribution in [0.4, 0.5) is 23.7 Å². The smallest absolute Gasteiger partial charge is 0.322 e. The van der Waals surface area contributed by atoms with E-state index in [0.29, 0.717) is 28.5 Å². The van der Waals surface area contributed by atoms with E-state index in [-0.39, 0.29) is 11.2 Å². The Balaban J connectivity index is 1.88. The van der Waals surface area contributed by atoms with Crippen LogP contribution in [0.3, 0.4) is 0 Å². The van der Waals surface area contributed by atoms with Gasteiger partial charge in [-0.25, -0.2) is 18.0 Å². The molecule has 0 aliphatic rings. The third kappa shape index (κ3) is 3.51. The van der Waals surface area contributed by atoms with Crippen LogP contribution in [0.15, 0.2) is 47.4 Å². The van der Waals surface area contributed by atoms with Gasteiger partial charge in [-0.2, -0.15) is 0 Å². The number of rotatable bonds is 3. The molecule has 140 valence electrons. The fourth-order valence-electron chi connectivity index (χ4n) is 2.80. The number of H-pyrrole nitrogens is 1. The second kappa shape index (κ2) is 7.14. The average Bonchev–Trinajstić information content (AvgIpc) is 2.65. The summed E-state index contributed by atoms with van der Waals surface area (Å²) in [6.07, 6.45) is 1.52. The van der Waals surface area contributed by atoms with Gasteiger partial charge in [0.05, 0.1) is 6.04 Å². The van der Waals surface area contributed by atoms with E-state index >= 15 is 0 Å². The number of aromatic amines is 1. The highest BCUT2D eigenvalue weighted by Gasteiger charge is 2.21. The molecule has 0 saturated heterocycles. The first-order valence-electron chi connectivity index (χ1n) is 8.08. The summed E-state index contributed by atoms with van der Waals surface area (Å²) in [5.74, 6) is -4.39. The van der Waals surface area contributed by atoms with Gasteiger partial charge in [0.1, 0.15) is 0 Å². The lowest BCUT2D eigenvalue weighted by atomic mass is 10.0. The average molecular weight is 375 g/mol. The zero-order valence-electron chi connectivity index (χ0n) is 14.5. The molecule has 2 amide bonds. The molecule has 8 heteroatoms. The number of nitrogens with one attached hydrogen (secondary N) is 2. The van der Waals surface area contributed by atoms with E-state index < -0.39 is 29.5 Å². The number of urea groups is 1. The Kier molecular flexibility index (Phi) is 4.89. The lowest BCUT2D eigenvalue weighted by Crippen LogP contribution is -2.34. The maximum absolute atomic E-state index is 13.3. The zero-order valence-corrected chi connectivity index (χ0v) is 14.5. The molecule has 5 nitrogen and oxygen atoms in total. The molecular formula is C19H16F3N3O2. The second-order valence-electron chi connectivity index (χ2n) is 6.09. The summed E-state index contributed by atoms with van der Waals surface area (Å²) in [6, 6.07) is 7.24. The molecule has 1 atom stereocenters. The van der Waals surface area contributed by atoms with Crippen LogP contribution in [0.2, 0.25) is 0 Å². The van der Waals surface area contributed by atoms with E-state index in [1.54, 1.807) is 31.2 Å². The van der Waals surface area contributed by atoms with Crippen LogP contribution in [-0.2, 0) is 0 Å². The number of carbonyl (C=O) groups excluding carboxylic acids is 1. The molecule has 0 fully saturated rings. The SMILES string of the molecule is C[C@H](c1c[nH]c(=O)c2ccccc12)N(C)C(=O)Nc1cc(F)c(F)c(F)c1. The topological polar surface area (TPSA) is 65.2 Å². The minimum atomic E-state index is -1.60. The van der Waals surface area contributed by atoms with Gasteiger partial charge in [-0.3, -0.25) is 4.79 Å². The van der Waals surface area contributed by atoms with Crippen molar-refractivity contribution in [1.82, 2.24) is 9.88 Å². The summed E-state index contributed by atoms with van der Waals surface area (Å²) in [4.78, 5) is 28.3. The van der Waals surface area contributed by atoms with Gasteiger partial charge < -0.3 is 15.2 Å². The Morgan fingerprint density at radius 3 is 2.33 bits per heavy atom. The molecule has 0 aliphatic heterocycles. The third-order valence-electron chi connectivity index (χ3n) is 4.43. The summed E-state index contributed by atoms with van der Waals surface area (Å²) < 4.78 is 39.7. The molecule has 0 saturated carbocycles. The van der Waals surface area contributed by atoms with Crippen LogP contribution < -0.4 is 10.9 Å². The van der Waals surface area contributed by atoms with Crippen molar-refractivity contribution in [3.8, 4) is 0 Å². The van der Waals surface area contributed by atoms with Crippen LogP contribution >= 0.6 is 0 Å². The summed E-state index contributed by atoms with van der Waals surface area (Å²) in [5, 5.41) is 3.50. The lowest BCUT2D eigenvalue weighted by Gasteiger charge is -2.26. The number of aromatic nitrogens is 1. The predicted molar refractivity (Wildman–Crippen MR) is 96.1 cm³/mol. The van der Waals surface area contributed by atoms with Gasteiger partial charge in [0, 0.05) is 36.5 Å². The molecule has 1 aromatic heterocycles. The van der Waals surface area contributed by atoms with Gasteiger partial charge in [-0.05, 0) is 23.9 Å². The zero-order chi connectivity index (χ0) is 19.7. The number of carbonyl (C=O) groups is 1. The van der Waals surface area contributed by atoms with Gasteiger partial charge in [0.2, 0.25) is 0 Å². The maximum Gasteiger partial charge on any atom is 0.322 e. The van der Waals surface area contributed by atoms with Gasteiger partial charge in [-0.1, -0.05) is 18.2 Å². The van der Waals surface area contributed by atoms with Crippen LogP contribution in [-0.4, -0.2) is 23.0 Å². The van der Waals surface area contributed by atoms with Crippen LogP contribution in [0, 0.1) is 17.5 Å². The standard InChI is InChI=1S/C19H16F3N3O2/c1-10(14-9-23-18(26)13-6-4-3-5-12(13)14)25(2)19(27)24-11-7-15(20)17(22)16(21)8-11/h3-10H,1-2H3,(H,23,26)(H,24,27)/t10-/m1/s1. The van der Waals surface area contributed by atoms with Gasteiger partial charge in [0.15, 0.2) is 17.5 Å². The van der Waals surface area contributed by atoms with E-state index in [1.807, 2.05) is 0 Å². The van der Waals surface area contributed by atoms with Gasteiger partial charge >= 0.3 is 6.03 Å². The highest BCUT2D eigenvalue weighted by Crippen LogP contribution is 2.26. The van der Waals surface area contributed by atoms with Crippen LogP contribution in [0.1, 0.15) is 18.5 Å². The Morgan fingerprint density at radius 2 is 1.70 bits per heavy atom. The largest absolute Gasteiger partial charge is 0.328 e. The highest BCUT2D eigenvalue weighted by atomic mass is 19.2. The predicted octanol–water partition coefficient (Wildman–Crippen LogP) is 4.17. The van der Waals surface area contributed by atoms with Gasteiger partial charge in [-0.15, -0.1) is 0 Å². The lowest BCUT2D eigenvalue weighted by molar-refractivity contribution is 0.208. The van der Waals surface area contributed by atoms with Crippen molar-refractivity contribution in [3.63, 3.8) is 0 Å². The molecule has 0 aliphatic carbocycles. The second-order valence-corrected chi connectivity index (χ2v) is 6.09. The van der Waals surface area contributed by atoms with Crippen molar-refractivity contribution in [1.29, 1.82) is 0 Å². The summed E-state index contributed by atoms with van der Waals surface area (Å²) in [5.41, 5.74) is 0.243. The first-order valence-corrected chi connectivity index (χ1v) is 8.08. The summed E-state index contributed by atoms with van der Waals surface area (Å²) in [7, 11) is 1.50. The third-order valence-corrected chi connectivity index (χ3v) is 4.43. The van der Waals surface area contributed by atoms with Crippen LogP contribution in [0.5, 0.6) is 0 Å². The number of anilines is 1. The van der Waals surface area contributed by atoms with E-state index in [4.69, 9.17) is 0 Å². The van der Waals surface area contributed by atoms with E-state index in [1.165, 1.54) is 18.1 Å². The number of fused-ring (bicyclic) bond motifs is 1. The number of halogens is 3. The van der Waals surface area contributed by atoms with Crippen molar-refractivity contribution >= 4 is 22.5 Å². The molecule has 0 bridgehead atoms. The molecule has 27 heavy (non-hydrogen) atoms. The molecule has 3 aromatic rings. The monoisotopic (exact) mass is 375 g/mol. The molecule has 0 unspecified atom stereocenters. The van der Waals surface area contributed by atoms with Crippen molar-refractivity contribution in [2.24, 2.45) is 0 Å². The van der Waals surface area contributed by atoms with Crippen molar-refractivity contribution in [2.45, 2.75) is 13.0 Å². The molecule has 1 heterocycles. The van der Waals surface area contributed by atoms with Crippen LogP contribution in [0.25, 0.3) is 10.8 Å². The quantitative estimate of drug-likeness (QED) is 0.675. The number of hydrogen-bond acceptors (Lipinski definition) is 2. The Bertz CT molecular complexity index is 1060. The van der Waals surface area contributed by atoms with E-state index in [2.05, 4.69) is 10.3 Å². The fourth-order valence-corrected chi connectivity index (χ4v) is 2.80. The first-order chi connectivity index (χ1) is 12.8. The summed E-state index contributed by atoms with van der Waals surface area (Å²) in [6.45, 7) is 1.74. The van der Waals surface area contributed by atoms with Crippen molar-refractivity contribution in [2.75, 3.05) is 12.4 Å². The highest BCUT2D eigenvalue weighted by molar-refractivity contribution is 5.90. The summed E-state index contributed by atoms with van der Waals surface area (Å²) >= 11 is 0. The van der Waals surface area contributed by atoms with E-state index in [9.17, 15) is 22.8 Å². The number of benzene rings is 2. The van der Waals surface area contributed by atoms with Gasteiger partial charge in [0.25, 0.3) is 5.56 Å². The molecule has 3 rings (SSSR count). The van der Waals surface area contributed by atoms with E-state index in [0.717, 1.165) is 0 Å². The number of amides is 2. The number of nitrogens with zero attached hydrogens (tertiary/aromatic N) is 1. The first kappa shape index (κ1) is 18.5. The number of pyridine rings is 1. The molecule has 2 N–H and O–H groups in total. The molecule has 0 spiro atoms. The Labute approximate surface area is 152 Å². The van der Waals surface area contributed by atoms with Crippen molar-refractivity contribution in [3.05, 3.63) is 76.0 Å². The molecule has 0 radical (unpaired) electrons. The maximum atomic E-state index is 13.3.